The van der Waals surface area contributed by atoms with Gasteiger partial charge in [-0.05, 0) is 48.3 Å². The zero-order valence-corrected chi connectivity index (χ0v) is 16.7. The minimum absolute atomic E-state index is 0.0513. The highest BCUT2D eigenvalue weighted by Crippen LogP contribution is 2.11. The van der Waals surface area contributed by atoms with Gasteiger partial charge in [-0.25, -0.2) is 4.79 Å². The number of aryl methyl sites for hydroxylation is 2. The molecule has 0 heterocycles. The van der Waals surface area contributed by atoms with E-state index in [1.807, 2.05) is 44.2 Å². The third-order valence-corrected chi connectivity index (χ3v) is 4.67. The van der Waals surface area contributed by atoms with Gasteiger partial charge in [0.1, 0.15) is 6.04 Å². The molecule has 0 radical (unpaired) electrons. The molecular formula is C23H30N2O3. The molecule has 2 aromatic carbocycles. The fourth-order valence-electron chi connectivity index (χ4n) is 2.80. The van der Waals surface area contributed by atoms with Crippen molar-refractivity contribution in [3.05, 3.63) is 71.3 Å². The molecule has 0 aromatic heterocycles. The number of nitrogens with one attached hydrogen (secondary N) is 1. The summed E-state index contributed by atoms with van der Waals surface area (Å²) in [5.74, 6) is -1.06. The summed E-state index contributed by atoms with van der Waals surface area (Å²) < 4.78 is 0. The average molecular weight is 383 g/mol. The largest absolute Gasteiger partial charge is 0.349 e. The van der Waals surface area contributed by atoms with Gasteiger partial charge in [0.05, 0.1) is 6.42 Å². The molecule has 1 atom stereocenters. The zero-order valence-electron chi connectivity index (χ0n) is 16.7. The summed E-state index contributed by atoms with van der Waals surface area (Å²) in [6.45, 7) is 3.63. The van der Waals surface area contributed by atoms with Crippen LogP contribution in [0.5, 0.6) is 0 Å². The lowest BCUT2D eigenvalue weighted by atomic mass is 10.0. The quantitative estimate of drug-likeness (QED) is 0.515. The van der Waals surface area contributed by atoms with Crippen molar-refractivity contribution in [3.8, 4) is 0 Å². The summed E-state index contributed by atoms with van der Waals surface area (Å²) in [5, 5.41) is 0. The monoisotopic (exact) mass is 382 g/mol. The molecule has 0 bridgehead atoms. The molecule has 0 saturated carbocycles. The van der Waals surface area contributed by atoms with Crippen molar-refractivity contribution in [1.82, 2.24) is 5.48 Å². The van der Waals surface area contributed by atoms with Crippen molar-refractivity contribution in [2.24, 2.45) is 11.7 Å². The third kappa shape index (κ3) is 7.53. The van der Waals surface area contributed by atoms with Gasteiger partial charge >= 0.3 is 5.97 Å². The van der Waals surface area contributed by atoms with Gasteiger partial charge in [0, 0.05) is 0 Å². The summed E-state index contributed by atoms with van der Waals surface area (Å²) in [4.78, 5) is 28.3. The minimum Gasteiger partial charge on any atom is -0.339 e. The molecule has 5 heteroatoms. The number of rotatable bonds is 9. The Kier molecular flexibility index (Phi) is 8.69. The molecule has 3 N–H and O–H groups in total. The number of hydrogen-bond donors (Lipinski definition) is 2. The first kappa shape index (κ1) is 21.6. The molecule has 0 aliphatic rings. The summed E-state index contributed by atoms with van der Waals surface area (Å²) in [6, 6.07) is 17.7. The van der Waals surface area contributed by atoms with Crippen molar-refractivity contribution in [2.45, 2.75) is 52.0 Å². The van der Waals surface area contributed by atoms with Crippen LogP contribution in [0.2, 0.25) is 0 Å². The van der Waals surface area contributed by atoms with Crippen LogP contribution >= 0.6 is 0 Å². The first-order valence-corrected chi connectivity index (χ1v) is 9.82. The highest BCUT2D eigenvalue weighted by molar-refractivity contribution is 5.81. The Morgan fingerprint density at radius 1 is 0.893 bits per heavy atom. The first-order valence-electron chi connectivity index (χ1n) is 9.82. The fourth-order valence-corrected chi connectivity index (χ4v) is 2.80. The van der Waals surface area contributed by atoms with E-state index in [4.69, 9.17) is 10.6 Å². The molecule has 0 saturated heterocycles. The summed E-state index contributed by atoms with van der Waals surface area (Å²) >= 11 is 0. The second kappa shape index (κ2) is 11.2. The normalized spacial score (nSPS) is 11.9. The molecule has 0 aliphatic heterocycles. The van der Waals surface area contributed by atoms with Crippen molar-refractivity contribution in [3.63, 3.8) is 0 Å². The first-order chi connectivity index (χ1) is 13.5. The highest BCUT2D eigenvalue weighted by atomic mass is 16.7. The van der Waals surface area contributed by atoms with E-state index in [0.29, 0.717) is 0 Å². The Hall–Kier alpha value is -2.66. The van der Waals surface area contributed by atoms with Crippen molar-refractivity contribution >= 4 is 11.9 Å². The van der Waals surface area contributed by atoms with Gasteiger partial charge in [-0.2, -0.15) is 5.48 Å². The fraction of sp³-hybridized carbons (Fsp3) is 0.391. The lowest BCUT2D eigenvalue weighted by Gasteiger charge is -2.14. The minimum atomic E-state index is -0.749. The lowest BCUT2D eigenvalue weighted by molar-refractivity contribution is -0.160. The van der Waals surface area contributed by atoms with Crippen LogP contribution in [0.3, 0.4) is 0 Å². The second-order valence-corrected chi connectivity index (χ2v) is 7.40. The Balaban J connectivity index is 1.68. The van der Waals surface area contributed by atoms with Gasteiger partial charge in [-0.3, -0.25) is 4.79 Å². The van der Waals surface area contributed by atoms with E-state index < -0.39 is 12.0 Å². The van der Waals surface area contributed by atoms with Gasteiger partial charge in [0.2, 0.25) is 0 Å². The number of amides is 1. The van der Waals surface area contributed by atoms with E-state index in [1.54, 1.807) is 0 Å². The van der Waals surface area contributed by atoms with Crippen LogP contribution in [-0.4, -0.2) is 17.9 Å². The molecule has 28 heavy (non-hydrogen) atoms. The van der Waals surface area contributed by atoms with Gasteiger partial charge in [-0.15, -0.1) is 0 Å². The zero-order chi connectivity index (χ0) is 20.4. The lowest BCUT2D eigenvalue weighted by Crippen LogP contribution is -2.41. The predicted octanol–water partition coefficient (Wildman–Crippen LogP) is 3.35. The number of carbonyl (C=O) groups excluding carboxylic acids is 2. The molecule has 1 unspecified atom stereocenters. The van der Waals surface area contributed by atoms with E-state index in [0.717, 1.165) is 31.2 Å². The molecular weight excluding hydrogens is 352 g/mol. The van der Waals surface area contributed by atoms with Crippen LogP contribution in [0, 0.1) is 5.92 Å². The maximum absolute atomic E-state index is 11.9. The molecule has 0 fully saturated rings. The topological polar surface area (TPSA) is 81.4 Å². The standard InChI is InChI=1S/C23H30N2O3/c1-17(2)22(24)23(27)28-25-21(26)16-20-14-12-19(13-15-20)11-7-6-10-18-8-4-3-5-9-18/h3-5,8-9,12-15,17,22H,6-7,10-11,16,24H2,1-2H3,(H,25,26). The molecule has 2 aromatic rings. The maximum Gasteiger partial charge on any atom is 0.349 e. The smallest absolute Gasteiger partial charge is 0.339 e. The van der Waals surface area contributed by atoms with Crippen molar-refractivity contribution < 1.29 is 14.4 Å². The van der Waals surface area contributed by atoms with Crippen LogP contribution in [0.1, 0.15) is 43.4 Å². The highest BCUT2D eigenvalue weighted by Gasteiger charge is 2.20. The van der Waals surface area contributed by atoms with Gasteiger partial charge in [0.25, 0.3) is 5.91 Å². The summed E-state index contributed by atoms with van der Waals surface area (Å²) in [6.07, 6.45) is 4.54. The van der Waals surface area contributed by atoms with Crippen molar-refractivity contribution in [1.29, 1.82) is 0 Å². The summed E-state index contributed by atoms with van der Waals surface area (Å²) in [7, 11) is 0. The molecule has 0 spiro atoms. The summed E-state index contributed by atoms with van der Waals surface area (Å²) in [5.41, 5.74) is 11.3. The number of hydrogen-bond acceptors (Lipinski definition) is 4. The molecule has 2 rings (SSSR count). The molecule has 1 amide bonds. The van der Waals surface area contributed by atoms with Gasteiger partial charge in [0.15, 0.2) is 0 Å². The Morgan fingerprint density at radius 2 is 1.43 bits per heavy atom. The Morgan fingerprint density at radius 3 is 2.00 bits per heavy atom. The SMILES string of the molecule is CC(C)C(N)C(=O)ONC(=O)Cc1ccc(CCCCc2ccccc2)cc1. The number of benzene rings is 2. The number of nitrogens with two attached hydrogens (primary N) is 1. The van der Waals surface area contributed by atoms with E-state index >= 15 is 0 Å². The van der Waals surface area contributed by atoms with E-state index in [2.05, 4.69) is 29.7 Å². The maximum atomic E-state index is 11.9. The predicted molar refractivity (Wildman–Crippen MR) is 110 cm³/mol. The average Bonchev–Trinajstić information content (AvgIpc) is 2.70. The van der Waals surface area contributed by atoms with Crippen LogP contribution in [0.15, 0.2) is 54.6 Å². The Labute approximate surface area is 167 Å². The Bertz CT molecular complexity index is 742. The van der Waals surface area contributed by atoms with Crippen LogP contribution in [0.25, 0.3) is 0 Å². The van der Waals surface area contributed by atoms with Crippen molar-refractivity contribution in [2.75, 3.05) is 0 Å². The van der Waals surface area contributed by atoms with Crippen LogP contribution < -0.4 is 11.2 Å². The number of carbonyl (C=O) groups is 2. The number of hydroxylamine groups is 1. The molecule has 150 valence electrons. The molecule has 5 nitrogen and oxygen atoms in total. The van der Waals surface area contributed by atoms with Crippen LogP contribution in [-0.2, 0) is 33.7 Å². The van der Waals surface area contributed by atoms with E-state index in [9.17, 15) is 9.59 Å². The third-order valence-electron chi connectivity index (χ3n) is 4.67. The molecule has 0 aliphatic carbocycles. The van der Waals surface area contributed by atoms with E-state index in [1.165, 1.54) is 11.1 Å². The van der Waals surface area contributed by atoms with Crippen LogP contribution in [0.4, 0.5) is 0 Å². The van der Waals surface area contributed by atoms with Gasteiger partial charge < -0.3 is 10.6 Å². The van der Waals surface area contributed by atoms with E-state index in [-0.39, 0.29) is 18.2 Å². The number of unbranched alkanes of at least 4 members (excludes halogenated alkanes) is 1. The second-order valence-electron chi connectivity index (χ2n) is 7.40. The van der Waals surface area contributed by atoms with Gasteiger partial charge in [-0.1, -0.05) is 68.4 Å².